The molecule has 1 unspecified atom stereocenters. The van der Waals surface area contributed by atoms with E-state index in [1.807, 2.05) is 6.92 Å². The van der Waals surface area contributed by atoms with Gasteiger partial charge >= 0.3 is 0 Å². The van der Waals surface area contributed by atoms with E-state index >= 15 is 0 Å². The van der Waals surface area contributed by atoms with Crippen LogP contribution in [0.5, 0.6) is 0 Å². The van der Waals surface area contributed by atoms with Gasteiger partial charge in [-0.05, 0) is 25.1 Å². The molecule has 1 amide bonds. The maximum atomic E-state index is 12.5. The van der Waals surface area contributed by atoms with E-state index in [0.29, 0.717) is 25.2 Å². The Morgan fingerprint density at radius 2 is 1.83 bits per heavy atom. The first kappa shape index (κ1) is 21.9. The minimum atomic E-state index is -3.57. The molecule has 6 nitrogen and oxygen atoms in total. The highest BCUT2D eigenvalue weighted by Crippen LogP contribution is 2.18. The molecule has 0 heterocycles. The molecule has 0 radical (unpaired) electrons. The van der Waals surface area contributed by atoms with E-state index in [0.717, 1.165) is 0 Å². The quantitative estimate of drug-likeness (QED) is 0.796. The zero-order valence-electron chi connectivity index (χ0n) is 14.0. The third-order valence-corrected chi connectivity index (χ3v) is 5.79. The number of likely N-dealkylation sites (N-methyl/N-ethyl adjacent to an activating group) is 1. The molecule has 0 fully saturated rings. The van der Waals surface area contributed by atoms with Gasteiger partial charge < -0.3 is 10.6 Å². The second-order valence-corrected chi connectivity index (χ2v) is 7.06. The van der Waals surface area contributed by atoms with Crippen molar-refractivity contribution >= 4 is 28.3 Å². The molecule has 23 heavy (non-hydrogen) atoms. The van der Waals surface area contributed by atoms with Crippen LogP contribution in [0, 0.1) is 0 Å². The van der Waals surface area contributed by atoms with Crippen molar-refractivity contribution in [2.75, 3.05) is 26.7 Å². The second kappa shape index (κ2) is 9.22. The lowest BCUT2D eigenvalue weighted by Gasteiger charge is -2.24. The van der Waals surface area contributed by atoms with Gasteiger partial charge in [-0.3, -0.25) is 4.79 Å². The third-order valence-electron chi connectivity index (χ3n) is 3.75. The summed E-state index contributed by atoms with van der Waals surface area (Å²) in [6, 6.07) is 6.02. The predicted octanol–water partition coefficient (Wildman–Crippen LogP) is 1.56. The van der Waals surface area contributed by atoms with Crippen molar-refractivity contribution in [1.29, 1.82) is 0 Å². The Balaban J connectivity index is 0.00000484. The van der Waals surface area contributed by atoms with Crippen LogP contribution in [0.15, 0.2) is 29.2 Å². The van der Waals surface area contributed by atoms with Gasteiger partial charge in [-0.2, -0.15) is 4.31 Å². The molecule has 0 aromatic heterocycles. The molecule has 0 aliphatic carbocycles. The molecule has 0 bridgehead atoms. The highest BCUT2D eigenvalue weighted by Gasteiger charge is 2.23. The lowest BCUT2D eigenvalue weighted by molar-refractivity contribution is 0.0748. The lowest BCUT2D eigenvalue weighted by Crippen LogP contribution is -2.39. The Labute approximate surface area is 145 Å². The van der Waals surface area contributed by atoms with Gasteiger partial charge in [0.15, 0.2) is 0 Å². The average molecular weight is 364 g/mol. The summed E-state index contributed by atoms with van der Waals surface area (Å²) in [4.78, 5) is 14.0. The third kappa shape index (κ3) is 4.91. The predicted molar refractivity (Wildman–Crippen MR) is 94.4 cm³/mol. The van der Waals surface area contributed by atoms with E-state index in [2.05, 4.69) is 0 Å². The van der Waals surface area contributed by atoms with Gasteiger partial charge in [0, 0.05) is 38.3 Å². The lowest BCUT2D eigenvalue weighted by atomic mass is 10.2. The number of carbonyl (C=O) groups is 1. The van der Waals surface area contributed by atoms with Crippen molar-refractivity contribution in [3.63, 3.8) is 0 Å². The summed E-state index contributed by atoms with van der Waals surface area (Å²) in [6.07, 6.45) is 0. The molecule has 0 saturated carbocycles. The molecule has 1 atom stereocenters. The van der Waals surface area contributed by atoms with Gasteiger partial charge in [-0.15, -0.1) is 12.4 Å². The first-order valence-electron chi connectivity index (χ1n) is 7.37. The number of nitrogens with zero attached hydrogens (tertiary/aromatic N) is 2. The zero-order chi connectivity index (χ0) is 16.9. The fourth-order valence-electron chi connectivity index (χ4n) is 2.06. The minimum Gasteiger partial charge on any atom is -0.338 e. The van der Waals surface area contributed by atoms with Crippen molar-refractivity contribution in [3.8, 4) is 0 Å². The van der Waals surface area contributed by atoms with E-state index in [-0.39, 0.29) is 29.3 Å². The largest absolute Gasteiger partial charge is 0.338 e. The van der Waals surface area contributed by atoms with Crippen molar-refractivity contribution in [2.45, 2.75) is 31.7 Å². The fraction of sp³-hybridized carbons (Fsp3) is 0.533. The van der Waals surface area contributed by atoms with Gasteiger partial charge in [0.1, 0.15) is 0 Å². The normalized spacial score (nSPS) is 12.6. The highest BCUT2D eigenvalue weighted by atomic mass is 35.5. The molecular weight excluding hydrogens is 338 g/mol. The SMILES string of the molecule is CCN(CC)S(=O)(=O)c1cccc(C(=O)N(C)C(C)CN)c1.Cl. The first-order valence-corrected chi connectivity index (χ1v) is 8.81. The number of amides is 1. The van der Waals surface area contributed by atoms with Crippen LogP contribution < -0.4 is 5.73 Å². The second-order valence-electron chi connectivity index (χ2n) is 5.12. The Bertz CT molecular complexity index is 618. The smallest absolute Gasteiger partial charge is 0.253 e. The summed E-state index contributed by atoms with van der Waals surface area (Å²) in [5, 5.41) is 0. The number of halogens is 1. The molecule has 1 aromatic rings. The van der Waals surface area contributed by atoms with Crippen molar-refractivity contribution in [2.24, 2.45) is 5.73 Å². The molecule has 0 aliphatic heterocycles. The Morgan fingerprint density at radius 3 is 2.30 bits per heavy atom. The van der Waals surface area contributed by atoms with E-state index in [9.17, 15) is 13.2 Å². The van der Waals surface area contributed by atoms with Gasteiger partial charge in [-0.25, -0.2) is 8.42 Å². The van der Waals surface area contributed by atoms with E-state index in [4.69, 9.17) is 5.73 Å². The van der Waals surface area contributed by atoms with Crippen LogP contribution >= 0.6 is 12.4 Å². The van der Waals surface area contributed by atoms with Gasteiger partial charge in [0.05, 0.1) is 4.90 Å². The van der Waals surface area contributed by atoms with Crippen LogP contribution in [0.25, 0.3) is 0 Å². The number of hydrogen-bond acceptors (Lipinski definition) is 4. The average Bonchev–Trinajstić information content (AvgIpc) is 2.53. The zero-order valence-corrected chi connectivity index (χ0v) is 15.7. The molecule has 1 aromatic carbocycles. The van der Waals surface area contributed by atoms with Crippen molar-refractivity contribution in [1.82, 2.24) is 9.21 Å². The van der Waals surface area contributed by atoms with Gasteiger partial charge in [-0.1, -0.05) is 19.9 Å². The maximum absolute atomic E-state index is 12.5. The van der Waals surface area contributed by atoms with Crippen LogP contribution in [0.4, 0.5) is 0 Å². The number of rotatable bonds is 7. The number of sulfonamides is 1. The summed E-state index contributed by atoms with van der Waals surface area (Å²) in [5.41, 5.74) is 5.91. The summed E-state index contributed by atoms with van der Waals surface area (Å²) < 4.78 is 26.4. The summed E-state index contributed by atoms with van der Waals surface area (Å²) >= 11 is 0. The number of nitrogens with two attached hydrogens (primary N) is 1. The van der Waals surface area contributed by atoms with Crippen LogP contribution in [0.1, 0.15) is 31.1 Å². The number of benzene rings is 1. The Hall–Kier alpha value is -1.15. The molecule has 132 valence electrons. The van der Waals surface area contributed by atoms with Crippen molar-refractivity contribution in [3.05, 3.63) is 29.8 Å². The molecule has 0 spiro atoms. The van der Waals surface area contributed by atoms with Crippen LogP contribution in [0.3, 0.4) is 0 Å². The number of carbonyl (C=O) groups excluding carboxylic acids is 1. The van der Waals surface area contributed by atoms with Gasteiger partial charge in [0.25, 0.3) is 5.91 Å². The standard InChI is InChI=1S/C15H25N3O3S.ClH/c1-5-18(6-2)22(20,21)14-9-7-8-13(10-14)15(19)17(4)12(3)11-16;/h7-10,12H,5-6,11,16H2,1-4H3;1H. The highest BCUT2D eigenvalue weighted by molar-refractivity contribution is 7.89. The monoisotopic (exact) mass is 363 g/mol. The van der Waals surface area contributed by atoms with Crippen LogP contribution in [-0.2, 0) is 10.0 Å². The van der Waals surface area contributed by atoms with E-state index in [1.165, 1.54) is 21.3 Å². The Morgan fingerprint density at radius 1 is 1.26 bits per heavy atom. The van der Waals surface area contributed by atoms with Gasteiger partial charge in [0.2, 0.25) is 10.0 Å². The first-order chi connectivity index (χ1) is 10.3. The molecule has 0 saturated heterocycles. The van der Waals surface area contributed by atoms with Crippen LogP contribution in [0.2, 0.25) is 0 Å². The minimum absolute atomic E-state index is 0. The molecule has 0 aliphatic rings. The number of hydrogen-bond donors (Lipinski definition) is 1. The van der Waals surface area contributed by atoms with Crippen LogP contribution in [-0.4, -0.2) is 56.3 Å². The van der Waals surface area contributed by atoms with Crippen molar-refractivity contribution < 1.29 is 13.2 Å². The molecular formula is C15H26ClN3O3S. The maximum Gasteiger partial charge on any atom is 0.253 e. The molecule has 2 N–H and O–H groups in total. The molecule has 1 rings (SSSR count). The molecule has 8 heteroatoms. The van der Waals surface area contributed by atoms with E-state index in [1.54, 1.807) is 33.0 Å². The Kier molecular flexibility index (Phi) is 8.76. The van der Waals surface area contributed by atoms with E-state index < -0.39 is 10.0 Å². The summed E-state index contributed by atoms with van der Waals surface area (Å²) in [7, 11) is -1.91. The fourth-order valence-corrected chi connectivity index (χ4v) is 3.57. The summed E-state index contributed by atoms with van der Waals surface area (Å²) in [5.74, 6) is -0.241. The topological polar surface area (TPSA) is 83.7 Å². The summed E-state index contributed by atoms with van der Waals surface area (Å²) in [6.45, 7) is 6.54.